The third kappa shape index (κ3) is 3.85. The first-order valence-electron chi connectivity index (χ1n) is 7.49. The zero-order valence-corrected chi connectivity index (χ0v) is 13.2. The minimum absolute atomic E-state index is 0.173. The molecule has 0 spiro atoms. The van der Waals surface area contributed by atoms with Crippen LogP contribution >= 0.6 is 0 Å². The van der Waals surface area contributed by atoms with Gasteiger partial charge in [0.05, 0.1) is 6.10 Å². The minimum atomic E-state index is -0.287. The number of halogens is 1. The van der Waals surface area contributed by atoms with Gasteiger partial charge in [0.2, 0.25) is 5.91 Å². The number of hydrogen-bond donors (Lipinski definition) is 0. The standard InChI is InChI=1S/C17H23FN2O2/c1-4-17(21)19(2)12-13-11-14(18)5-6-16(13)20-9-7-15(22-3)8-10-20/h4-6,11,15H,1,7-10,12H2,2-3H3. The zero-order chi connectivity index (χ0) is 16.1. The van der Waals surface area contributed by atoms with E-state index in [0.29, 0.717) is 12.6 Å². The normalized spacial score (nSPS) is 15.7. The quantitative estimate of drug-likeness (QED) is 0.784. The Hall–Kier alpha value is -1.88. The van der Waals surface area contributed by atoms with Crippen LogP contribution in [0.3, 0.4) is 0 Å². The molecule has 1 aromatic carbocycles. The van der Waals surface area contributed by atoms with E-state index in [2.05, 4.69) is 11.5 Å². The van der Waals surface area contributed by atoms with Crippen LogP contribution in [0.2, 0.25) is 0 Å². The molecule has 0 N–H and O–H groups in total. The number of anilines is 1. The lowest BCUT2D eigenvalue weighted by Gasteiger charge is -2.34. The molecule has 0 unspecified atom stereocenters. The molecular weight excluding hydrogens is 283 g/mol. The second kappa shape index (κ2) is 7.40. The number of methoxy groups -OCH3 is 1. The van der Waals surface area contributed by atoms with Gasteiger partial charge in [0.25, 0.3) is 0 Å². The Morgan fingerprint density at radius 3 is 2.77 bits per heavy atom. The molecule has 1 heterocycles. The molecule has 120 valence electrons. The Morgan fingerprint density at radius 1 is 1.50 bits per heavy atom. The van der Waals surface area contributed by atoms with Crippen molar-refractivity contribution in [1.29, 1.82) is 0 Å². The number of amides is 1. The number of likely N-dealkylation sites (N-methyl/N-ethyl adjacent to an activating group) is 1. The number of rotatable bonds is 5. The van der Waals surface area contributed by atoms with E-state index in [-0.39, 0.29) is 11.7 Å². The maximum absolute atomic E-state index is 13.6. The average molecular weight is 306 g/mol. The Morgan fingerprint density at radius 2 is 2.18 bits per heavy atom. The Kier molecular flexibility index (Phi) is 5.55. The average Bonchev–Trinajstić information content (AvgIpc) is 2.54. The maximum Gasteiger partial charge on any atom is 0.245 e. The van der Waals surface area contributed by atoms with Gasteiger partial charge in [-0.15, -0.1) is 0 Å². The number of hydrogen-bond acceptors (Lipinski definition) is 3. The Labute approximate surface area is 131 Å². The Bertz CT molecular complexity index is 539. The fourth-order valence-corrected chi connectivity index (χ4v) is 2.81. The van der Waals surface area contributed by atoms with Crippen molar-refractivity contribution in [3.63, 3.8) is 0 Å². The molecule has 0 bridgehead atoms. The summed E-state index contributed by atoms with van der Waals surface area (Å²) in [5, 5.41) is 0. The predicted octanol–water partition coefficient (Wildman–Crippen LogP) is 2.59. The van der Waals surface area contributed by atoms with E-state index in [4.69, 9.17) is 4.74 Å². The van der Waals surface area contributed by atoms with Gasteiger partial charge >= 0.3 is 0 Å². The van der Waals surface area contributed by atoms with Gasteiger partial charge in [-0.1, -0.05) is 6.58 Å². The number of benzene rings is 1. The molecule has 1 amide bonds. The van der Waals surface area contributed by atoms with E-state index in [1.807, 2.05) is 0 Å². The van der Waals surface area contributed by atoms with Crippen LogP contribution in [0.5, 0.6) is 0 Å². The highest BCUT2D eigenvalue weighted by atomic mass is 19.1. The van der Waals surface area contributed by atoms with Crippen LogP contribution in [0.25, 0.3) is 0 Å². The molecule has 0 saturated carbocycles. The van der Waals surface area contributed by atoms with Gasteiger partial charge in [-0.3, -0.25) is 4.79 Å². The molecule has 1 saturated heterocycles. The SMILES string of the molecule is C=CC(=O)N(C)Cc1cc(F)ccc1N1CCC(OC)CC1. The second-order valence-corrected chi connectivity index (χ2v) is 5.59. The molecule has 1 aliphatic rings. The molecule has 2 rings (SSSR count). The number of carbonyl (C=O) groups excluding carboxylic acids is 1. The van der Waals surface area contributed by atoms with Crippen molar-refractivity contribution in [1.82, 2.24) is 4.90 Å². The minimum Gasteiger partial charge on any atom is -0.381 e. The van der Waals surface area contributed by atoms with Crippen LogP contribution in [-0.4, -0.2) is 44.2 Å². The number of nitrogens with zero attached hydrogens (tertiary/aromatic N) is 2. The monoisotopic (exact) mass is 306 g/mol. The van der Waals surface area contributed by atoms with Crippen molar-refractivity contribution in [2.75, 3.05) is 32.1 Å². The van der Waals surface area contributed by atoms with Crippen LogP contribution in [0.1, 0.15) is 18.4 Å². The van der Waals surface area contributed by atoms with Gasteiger partial charge in [0, 0.05) is 39.5 Å². The Balaban J connectivity index is 2.17. The molecule has 1 aromatic rings. The van der Waals surface area contributed by atoms with Crippen LogP contribution in [-0.2, 0) is 16.1 Å². The van der Waals surface area contributed by atoms with Crippen LogP contribution < -0.4 is 4.90 Å². The number of carbonyl (C=O) groups is 1. The van der Waals surface area contributed by atoms with Gasteiger partial charge < -0.3 is 14.5 Å². The molecular formula is C17H23FN2O2. The van der Waals surface area contributed by atoms with E-state index >= 15 is 0 Å². The van der Waals surface area contributed by atoms with Crippen molar-refractivity contribution in [3.05, 3.63) is 42.2 Å². The van der Waals surface area contributed by atoms with Gasteiger partial charge in [-0.05, 0) is 42.7 Å². The van der Waals surface area contributed by atoms with Gasteiger partial charge in [0.1, 0.15) is 5.82 Å². The fourth-order valence-electron chi connectivity index (χ4n) is 2.81. The first-order chi connectivity index (χ1) is 10.5. The first-order valence-corrected chi connectivity index (χ1v) is 7.49. The lowest BCUT2D eigenvalue weighted by molar-refractivity contribution is -0.125. The molecule has 0 aliphatic carbocycles. The molecule has 0 atom stereocenters. The van der Waals surface area contributed by atoms with Crippen molar-refractivity contribution in [2.24, 2.45) is 0 Å². The largest absolute Gasteiger partial charge is 0.381 e. The molecule has 1 aliphatic heterocycles. The summed E-state index contributed by atoms with van der Waals surface area (Å²) in [6.07, 6.45) is 3.47. The van der Waals surface area contributed by atoms with Crippen molar-refractivity contribution >= 4 is 11.6 Å². The first kappa shape index (κ1) is 16.5. The second-order valence-electron chi connectivity index (χ2n) is 5.59. The van der Waals surface area contributed by atoms with Crippen LogP contribution in [0.4, 0.5) is 10.1 Å². The van der Waals surface area contributed by atoms with Crippen molar-refractivity contribution in [2.45, 2.75) is 25.5 Å². The van der Waals surface area contributed by atoms with E-state index in [9.17, 15) is 9.18 Å². The third-order valence-corrected chi connectivity index (χ3v) is 4.12. The molecule has 22 heavy (non-hydrogen) atoms. The predicted molar refractivity (Wildman–Crippen MR) is 85.3 cm³/mol. The third-order valence-electron chi connectivity index (χ3n) is 4.12. The summed E-state index contributed by atoms with van der Waals surface area (Å²) in [5.74, 6) is -0.460. The van der Waals surface area contributed by atoms with Crippen LogP contribution in [0, 0.1) is 5.82 Å². The number of piperidine rings is 1. The van der Waals surface area contributed by atoms with Gasteiger partial charge in [-0.25, -0.2) is 4.39 Å². The summed E-state index contributed by atoms with van der Waals surface area (Å²) in [6, 6.07) is 4.77. The summed E-state index contributed by atoms with van der Waals surface area (Å²) in [4.78, 5) is 15.4. The summed E-state index contributed by atoms with van der Waals surface area (Å²) < 4.78 is 19.0. The zero-order valence-electron chi connectivity index (χ0n) is 13.2. The molecule has 0 radical (unpaired) electrons. The van der Waals surface area contributed by atoms with E-state index in [1.165, 1.54) is 23.1 Å². The molecule has 4 nitrogen and oxygen atoms in total. The smallest absolute Gasteiger partial charge is 0.245 e. The molecule has 0 aromatic heterocycles. The lowest BCUT2D eigenvalue weighted by Crippen LogP contribution is -2.37. The van der Waals surface area contributed by atoms with Gasteiger partial charge in [0.15, 0.2) is 0 Å². The van der Waals surface area contributed by atoms with E-state index in [1.54, 1.807) is 20.2 Å². The van der Waals surface area contributed by atoms with Crippen molar-refractivity contribution in [3.8, 4) is 0 Å². The summed E-state index contributed by atoms with van der Waals surface area (Å²) in [5.41, 5.74) is 1.80. The highest BCUT2D eigenvalue weighted by Crippen LogP contribution is 2.26. The van der Waals surface area contributed by atoms with Crippen LogP contribution in [0.15, 0.2) is 30.9 Å². The van der Waals surface area contributed by atoms with E-state index in [0.717, 1.165) is 37.2 Å². The fraction of sp³-hybridized carbons (Fsp3) is 0.471. The van der Waals surface area contributed by atoms with Crippen molar-refractivity contribution < 1.29 is 13.9 Å². The maximum atomic E-state index is 13.6. The topological polar surface area (TPSA) is 32.8 Å². The summed E-state index contributed by atoms with van der Waals surface area (Å²) in [6.45, 7) is 5.59. The lowest BCUT2D eigenvalue weighted by atomic mass is 10.0. The van der Waals surface area contributed by atoms with Gasteiger partial charge in [-0.2, -0.15) is 0 Å². The summed E-state index contributed by atoms with van der Waals surface area (Å²) >= 11 is 0. The summed E-state index contributed by atoms with van der Waals surface area (Å²) in [7, 11) is 3.43. The highest BCUT2D eigenvalue weighted by molar-refractivity contribution is 5.86. The number of ether oxygens (including phenoxy) is 1. The van der Waals surface area contributed by atoms with E-state index < -0.39 is 0 Å². The molecule has 5 heteroatoms. The highest BCUT2D eigenvalue weighted by Gasteiger charge is 2.21. The molecule has 1 fully saturated rings.